The van der Waals surface area contributed by atoms with Gasteiger partial charge in [-0.1, -0.05) is 23.7 Å². The van der Waals surface area contributed by atoms with Gasteiger partial charge in [-0.15, -0.1) is 0 Å². The van der Waals surface area contributed by atoms with Crippen LogP contribution in [0.4, 0.5) is 13.2 Å². The Kier molecular flexibility index (Phi) is 3.66. The molecule has 8 heteroatoms. The number of alkyl halides is 3. The quantitative estimate of drug-likeness (QED) is 0.881. The maximum atomic E-state index is 13.1. The van der Waals surface area contributed by atoms with Crippen LogP contribution in [0.5, 0.6) is 5.88 Å². The second-order valence-electron chi connectivity index (χ2n) is 5.41. The molecule has 0 spiro atoms. The standard InChI is InChI=1S/C17H14ClF3N2O2/c1-9(10-4-2-6-12(14(10)18)17(19,20)21)15(24)23-13-8-25-16-11(13)5-3-7-22-16/h2-7,9,13H,8H2,1H3,(H,23,24)/t9?,13-/m0/s1/i1D3. The average Bonchev–Trinajstić information content (AvgIpc) is 2.97. The monoisotopic (exact) mass is 373 g/mol. The highest BCUT2D eigenvalue weighted by Gasteiger charge is 2.35. The van der Waals surface area contributed by atoms with Crippen LogP contribution >= 0.6 is 11.6 Å². The first-order valence-electron chi connectivity index (χ1n) is 8.74. The Morgan fingerprint density at radius 3 is 2.96 bits per heavy atom. The largest absolute Gasteiger partial charge is 0.475 e. The van der Waals surface area contributed by atoms with Gasteiger partial charge in [0, 0.05) is 15.9 Å². The van der Waals surface area contributed by atoms with Gasteiger partial charge in [0.05, 0.1) is 22.5 Å². The Morgan fingerprint density at radius 1 is 1.44 bits per heavy atom. The summed E-state index contributed by atoms with van der Waals surface area (Å²) in [6.45, 7) is -2.89. The van der Waals surface area contributed by atoms with E-state index >= 15 is 0 Å². The molecule has 0 radical (unpaired) electrons. The lowest BCUT2D eigenvalue weighted by Gasteiger charge is -2.19. The number of amides is 1. The molecule has 1 aromatic heterocycles. The number of hydrogen-bond donors (Lipinski definition) is 1. The summed E-state index contributed by atoms with van der Waals surface area (Å²) in [6.07, 6.45) is -3.29. The molecule has 0 aliphatic carbocycles. The van der Waals surface area contributed by atoms with Crippen LogP contribution in [0.1, 0.15) is 39.6 Å². The van der Waals surface area contributed by atoms with Crippen molar-refractivity contribution in [3.63, 3.8) is 0 Å². The summed E-state index contributed by atoms with van der Waals surface area (Å²) in [5.74, 6) is -2.56. The predicted octanol–water partition coefficient (Wildman–Crippen LogP) is 4.11. The van der Waals surface area contributed by atoms with Gasteiger partial charge >= 0.3 is 6.18 Å². The molecule has 0 bridgehead atoms. The van der Waals surface area contributed by atoms with E-state index in [1.807, 2.05) is 0 Å². The van der Waals surface area contributed by atoms with E-state index in [-0.39, 0.29) is 6.61 Å². The number of carbonyl (C=O) groups is 1. The number of carbonyl (C=O) groups excluding carboxylic acids is 1. The minimum atomic E-state index is -4.78. The predicted molar refractivity (Wildman–Crippen MR) is 85.5 cm³/mol. The third-order valence-electron chi connectivity index (χ3n) is 3.79. The Hall–Kier alpha value is -2.28. The van der Waals surface area contributed by atoms with E-state index in [4.69, 9.17) is 20.5 Å². The molecule has 1 aliphatic heterocycles. The summed E-state index contributed by atoms with van der Waals surface area (Å²) < 4.78 is 67.8. The molecule has 1 unspecified atom stereocenters. The molecule has 1 amide bonds. The van der Waals surface area contributed by atoms with E-state index in [0.29, 0.717) is 11.4 Å². The summed E-state index contributed by atoms with van der Waals surface area (Å²) in [7, 11) is 0. The number of nitrogens with one attached hydrogen (secondary N) is 1. The number of nitrogens with zero attached hydrogens (tertiary/aromatic N) is 1. The smallest absolute Gasteiger partial charge is 0.417 e. The summed E-state index contributed by atoms with van der Waals surface area (Å²) in [5.41, 5.74) is -1.07. The van der Waals surface area contributed by atoms with Gasteiger partial charge in [0.2, 0.25) is 11.8 Å². The zero-order chi connectivity index (χ0) is 20.7. The fourth-order valence-electron chi connectivity index (χ4n) is 2.55. The SMILES string of the molecule is [2H]C([2H])([2H])C(C(=O)N[C@H]1COc2ncccc21)c1cccc(C(F)(F)F)c1Cl. The Balaban J connectivity index is 1.96. The molecule has 132 valence electrons. The minimum absolute atomic E-state index is 0.0299. The van der Waals surface area contributed by atoms with Crippen molar-refractivity contribution in [2.75, 3.05) is 6.61 Å². The Morgan fingerprint density at radius 2 is 2.24 bits per heavy atom. The molecule has 1 aliphatic rings. The van der Waals surface area contributed by atoms with Gasteiger partial charge in [0.25, 0.3) is 0 Å². The van der Waals surface area contributed by atoms with Crippen LogP contribution in [0.2, 0.25) is 5.02 Å². The highest BCUT2D eigenvalue weighted by Crippen LogP contribution is 2.38. The highest BCUT2D eigenvalue weighted by atomic mass is 35.5. The number of rotatable bonds is 3. The van der Waals surface area contributed by atoms with E-state index in [1.165, 1.54) is 6.20 Å². The second-order valence-corrected chi connectivity index (χ2v) is 5.79. The van der Waals surface area contributed by atoms with Crippen molar-refractivity contribution in [1.82, 2.24) is 10.3 Å². The van der Waals surface area contributed by atoms with Crippen molar-refractivity contribution >= 4 is 17.5 Å². The van der Waals surface area contributed by atoms with Gasteiger partial charge in [0.15, 0.2) is 0 Å². The van der Waals surface area contributed by atoms with Crippen LogP contribution < -0.4 is 10.1 Å². The molecule has 1 N–H and O–H groups in total. The van der Waals surface area contributed by atoms with Gasteiger partial charge in [-0.2, -0.15) is 13.2 Å². The number of ether oxygens (including phenoxy) is 1. The molecule has 0 fully saturated rings. The van der Waals surface area contributed by atoms with Crippen molar-refractivity contribution in [1.29, 1.82) is 0 Å². The van der Waals surface area contributed by atoms with Gasteiger partial charge in [-0.25, -0.2) is 4.98 Å². The zero-order valence-corrected chi connectivity index (χ0v) is 13.4. The normalized spacial score (nSPS) is 19.8. The van der Waals surface area contributed by atoms with E-state index < -0.39 is 47.0 Å². The molecule has 1 aromatic carbocycles. The van der Waals surface area contributed by atoms with Crippen molar-refractivity contribution in [2.45, 2.75) is 25.0 Å². The number of pyridine rings is 1. The van der Waals surface area contributed by atoms with Crippen LogP contribution in [-0.2, 0) is 11.0 Å². The molecule has 25 heavy (non-hydrogen) atoms. The molecule has 2 heterocycles. The zero-order valence-electron chi connectivity index (χ0n) is 15.6. The van der Waals surface area contributed by atoms with Gasteiger partial charge in [-0.05, 0) is 30.6 Å². The highest BCUT2D eigenvalue weighted by molar-refractivity contribution is 6.32. The van der Waals surface area contributed by atoms with Crippen molar-refractivity contribution < 1.29 is 26.8 Å². The molecule has 3 rings (SSSR count). The van der Waals surface area contributed by atoms with Crippen molar-refractivity contribution in [3.8, 4) is 5.88 Å². The van der Waals surface area contributed by atoms with Crippen LogP contribution in [-0.4, -0.2) is 17.5 Å². The maximum Gasteiger partial charge on any atom is 0.417 e. The average molecular weight is 374 g/mol. The Bertz CT molecular complexity index is 906. The first-order valence-corrected chi connectivity index (χ1v) is 7.61. The van der Waals surface area contributed by atoms with E-state index in [9.17, 15) is 18.0 Å². The molecular formula is C17H14ClF3N2O2. The molecule has 2 aromatic rings. The number of halogens is 4. The van der Waals surface area contributed by atoms with Crippen molar-refractivity contribution in [2.24, 2.45) is 0 Å². The van der Waals surface area contributed by atoms with Gasteiger partial charge in [-0.3, -0.25) is 4.79 Å². The summed E-state index contributed by atoms with van der Waals surface area (Å²) >= 11 is 5.85. The summed E-state index contributed by atoms with van der Waals surface area (Å²) in [4.78, 5) is 16.8. The maximum absolute atomic E-state index is 13.1. The third kappa shape index (κ3) is 3.42. The van der Waals surface area contributed by atoms with E-state index in [1.54, 1.807) is 12.1 Å². The lowest BCUT2D eigenvalue weighted by molar-refractivity contribution is -0.137. The van der Waals surface area contributed by atoms with E-state index in [2.05, 4.69) is 10.3 Å². The van der Waals surface area contributed by atoms with Gasteiger partial charge in [0.1, 0.15) is 6.61 Å². The van der Waals surface area contributed by atoms with Crippen LogP contribution in [0.25, 0.3) is 0 Å². The first-order chi connectivity index (χ1) is 13.0. The topological polar surface area (TPSA) is 51.2 Å². The number of fused-ring (bicyclic) bond motifs is 1. The first kappa shape index (κ1) is 13.9. The molecule has 4 nitrogen and oxygen atoms in total. The fraction of sp³-hybridized carbons (Fsp3) is 0.294. The lowest BCUT2D eigenvalue weighted by atomic mass is 9.97. The Labute approximate surface area is 151 Å². The number of hydrogen-bond acceptors (Lipinski definition) is 3. The fourth-order valence-corrected chi connectivity index (χ4v) is 2.89. The number of benzene rings is 1. The summed E-state index contributed by atoms with van der Waals surface area (Å²) in [6, 6.07) is 5.46. The minimum Gasteiger partial charge on any atom is -0.475 e. The molecule has 0 saturated carbocycles. The van der Waals surface area contributed by atoms with Crippen LogP contribution in [0, 0.1) is 0 Å². The molecule has 2 atom stereocenters. The lowest BCUT2D eigenvalue weighted by Crippen LogP contribution is -2.33. The van der Waals surface area contributed by atoms with Crippen molar-refractivity contribution in [3.05, 3.63) is 58.2 Å². The molecule has 0 saturated heterocycles. The van der Waals surface area contributed by atoms with Crippen LogP contribution in [0.3, 0.4) is 0 Å². The number of aromatic nitrogens is 1. The van der Waals surface area contributed by atoms with E-state index in [0.717, 1.165) is 18.2 Å². The molecular weight excluding hydrogens is 357 g/mol. The summed E-state index contributed by atoms with van der Waals surface area (Å²) in [5, 5.41) is 1.71. The van der Waals surface area contributed by atoms with Gasteiger partial charge < -0.3 is 10.1 Å². The second kappa shape index (κ2) is 6.55. The third-order valence-corrected chi connectivity index (χ3v) is 4.21. The van der Waals surface area contributed by atoms with Crippen LogP contribution in [0.15, 0.2) is 36.5 Å².